The van der Waals surface area contributed by atoms with Crippen LogP contribution in [0.25, 0.3) is 0 Å². The van der Waals surface area contributed by atoms with E-state index in [1.54, 1.807) is 34.9 Å². The highest BCUT2D eigenvalue weighted by Gasteiger charge is 2.41. The third-order valence-electron chi connectivity index (χ3n) is 6.34. The summed E-state index contributed by atoms with van der Waals surface area (Å²) in [6.45, 7) is 3.56. The molecule has 7 nitrogen and oxygen atoms in total. The number of halogens is 1. The molecule has 0 aliphatic carbocycles. The van der Waals surface area contributed by atoms with E-state index in [1.807, 2.05) is 49.5 Å². The average Bonchev–Trinajstić information content (AvgIpc) is 3.29. The van der Waals surface area contributed by atoms with Gasteiger partial charge in [-0.3, -0.25) is 9.59 Å². The largest absolute Gasteiger partial charge is 0.493 e. The first-order valence-corrected chi connectivity index (χ1v) is 12.1. The fourth-order valence-corrected chi connectivity index (χ4v) is 4.69. The molecular formula is C27H30ClN3O4. The number of carbonyl (C=O) groups is 2. The number of nitrogens with zero attached hydrogens (tertiary/aromatic N) is 3. The number of amides is 2. The highest BCUT2D eigenvalue weighted by molar-refractivity contribution is 6.30. The molecule has 1 aromatic heterocycles. The number of ether oxygens (including phenoxy) is 1. The molecule has 2 heterocycles. The van der Waals surface area contributed by atoms with Crippen molar-refractivity contribution < 1.29 is 18.8 Å². The summed E-state index contributed by atoms with van der Waals surface area (Å²) in [4.78, 5) is 30.0. The van der Waals surface area contributed by atoms with Crippen LogP contribution in [0.1, 0.15) is 41.1 Å². The molecule has 0 saturated carbocycles. The monoisotopic (exact) mass is 495 g/mol. The van der Waals surface area contributed by atoms with Crippen molar-refractivity contribution in [2.75, 3.05) is 26.7 Å². The summed E-state index contributed by atoms with van der Waals surface area (Å²) in [5, 5.41) is 4.42. The first-order valence-electron chi connectivity index (χ1n) is 11.7. The van der Waals surface area contributed by atoms with Gasteiger partial charge in [-0.2, -0.15) is 0 Å². The molecule has 1 aliphatic rings. The van der Waals surface area contributed by atoms with E-state index in [-0.39, 0.29) is 30.6 Å². The molecule has 2 aromatic carbocycles. The number of likely N-dealkylation sites (tertiary alicyclic amines) is 1. The van der Waals surface area contributed by atoms with Crippen molar-refractivity contribution in [1.82, 2.24) is 15.0 Å². The van der Waals surface area contributed by atoms with Gasteiger partial charge in [0.1, 0.15) is 5.75 Å². The van der Waals surface area contributed by atoms with Gasteiger partial charge in [-0.1, -0.05) is 53.2 Å². The second-order valence-electron chi connectivity index (χ2n) is 9.32. The van der Waals surface area contributed by atoms with Gasteiger partial charge < -0.3 is 19.1 Å². The Balaban J connectivity index is 1.52. The van der Waals surface area contributed by atoms with E-state index in [4.69, 9.17) is 20.9 Å². The molecule has 0 bridgehead atoms. The van der Waals surface area contributed by atoms with Crippen LogP contribution in [-0.4, -0.2) is 53.5 Å². The van der Waals surface area contributed by atoms with Crippen LogP contribution in [0, 0.1) is 12.3 Å². The zero-order valence-corrected chi connectivity index (χ0v) is 20.8. The Hall–Kier alpha value is -3.32. The van der Waals surface area contributed by atoms with Crippen molar-refractivity contribution in [2.24, 2.45) is 5.41 Å². The highest BCUT2D eigenvalue weighted by Crippen LogP contribution is 2.36. The Morgan fingerprint density at radius 2 is 1.97 bits per heavy atom. The normalized spacial score (nSPS) is 17.7. The van der Waals surface area contributed by atoms with Gasteiger partial charge in [0.25, 0.3) is 5.91 Å². The SMILES string of the molecule is Cc1cc(C(=O)N2CCC[C@@](COc3cccc(Cl)c3)(CC(=O)N(C)Cc3ccccc3)C2)on1. The van der Waals surface area contributed by atoms with E-state index in [0.717, 1.165) is 18.4 Å². The van der Waals surface area contributed by atoms with E-state index in [9.17, 15) is 9.59 Å². The lowest BCUT2D eigenvalue weighted by Crippen LogP contribution is -2.50. The van der Waals surface area contributed by atoms with Gasteiger partial charge in [0, 0.05) is 49.6 Å². The third-order valence-corrected chi connectivity index (χ3v) is 6.58. The van der Waals surface area contributed by atoms with Crippen LogP contribution in [0.2, 0.25) is 5.02 Å². The number of carbonyl (C=O) groups excluding carboxylic acids is 2. The molecule has 1 saturated heterocycles. The molecule has 2 amide bonds. The number of benzene rings is 2. The third kappa shape index (κ3) is 6.42. The number of aryl methyl sites for hydroxylation is 1. The molecule has 35 heavy (non-hydrogen) atoms. The minimum atomic E-state index is -0.548. The Morgan fingerprint density at radius 3 is 2.69 bits per heavy atom. The van der Waals surface area contributed by atoms with Crippen LogP contribution in [-0.2, 0) is 11.3 Å². The van der Waals surface area contributed by atoms with Crippen molar-refractivity contribution in [3.63, 3.8) is 0 Å². The smallest absolute Gasteiger partial charge is 0.292 e. The lowest BCUT2D eigenvalue weighted by molar-refractivity contribution is -0.134. The molecule has 8 heteroatoms. The van der Waals surface area contributed by atoms with Crippen molar-refractivity contribution in [1.29, 1.82) is 0 Å². The summed E-state index contributed by atoms with van der Waals surface area (Å²) in [5.74, 6) is 0.633. The summed E-state index contributed by atoms with van der Waals surface area (Å²) in [6.07, 6.45) is 1.78. The molecule has 0 spiro atoms. The van der Waals surface area contributed by atoms with Gasteiger partial charge >= 0.3 is 0 Å². The summed E-state index contributed by atoms with van der Waals surface area (Å²) in [6, 6.07) is 18.7. The Labute approximate surface area is 210 Å². The lowest BCUT2D eigenvalue weighted by atomic mass is 9.77. The minimum Gasteiger partial charge on any atom is -0.493 e. The molecule has 3 aromatic rings. The first kappa shape index (κ1) is 24.8. The molecule has 0 unspecified atom stereocenters. The quantitative estimate of drug-likeness (QED) is 0.440. The maximum atomic E-state index is 13.4. The Bertz CT molecular complexity index is 1170. The number of piperidine rings is 1. The van der Waals surface area contributed by atoms with E-state index in [1.165, 1.54) is 0 Å². The van der Waals surface area contributed by atoms with E-state index < -0.39 is 5.41 Å². The number of aromatic nitrogens is 1. The molecule has 1 aliphatic heterocycles. The number of hydrogen-bond acceptors (Lipinski definition) is 5. The van der Waals surface area contributed by atoms with Crippen molar-refractivity contribution in [2.45, 2.75) is 32.7 Å². The minimum absolute atomic E-state index is 0.00774. The van der Waals surface area contributed by atoms with E-state index in [0.29, 0.717) is 36.1 Å². The van der Waals surface area contributed by atoms with Crippen LogP contribution < -0.4 is 4.74 Å². The predicted molar refractivity (Wildman–Crippen MR) is 133 cm³/mol. The van der Waals surface area contributed by atoms with Gasteiger partial charge in [0.2, 0.25) is 11.7 Å². The van der Waals surface area contributed by atoms with Crippen LogP contribution in [0.3, 0.4) is 0 Å². The van der Waals surface area contributed by atoms with Crippen molar-refractivity contribution in [3.8, 4) is 5.75 Å². The van der Waals surface area contributed by atoms with Crippen LogP contribution in [0.15, 0.2) is 65.2 Å². The van der Waals surface area contributed by atoms with Gasteiger partial charge in [0.15, 0.2) is 0 Å². The molecule has 184 valence electrons. The topological polar surface area (TPSA) is 75.9 Å². The first-order chi connectivity index (χ1) is 16.8. The van der Waals surface area contributed by atoms with Gasteiger partial charge in [-0.05, 0) is 43.5 Å². The number of rotatable bonds is 8. The summed E-state index contributed by atoms with van der Waals surface area (Å²) in [5.41, 5.74) is 1.17. The van der Waals surface area contributed by atoms with Crippen molar-refractivity contribution >= 4 is 23.4 Å². The maximum Gasteiger partial charge on any atom is 0.292 e. The second kappa shape index (κ2) is 11.0. The summed E-state index contributed by atoms with van der Waals surface area (Å²) >= 11 is 6.13. The average molecular weight is 496 g/mol. The fraction of sp³-hybridized carbons (Fsp3) is 0.370. The van der Waals surface area contributed by atoms with Gasteiger partial charge in [-0.15, -0.1) is 0 Å². The molecule has 0 radical (unpaired) electrons. The Kier molecular flexibility index (Phi) is 7.76. The Morgan fingerprint density at radius 1 is 1.17 bits per heavy atom. The predicted octanol–water partition coefficient (Wildman–Crippen LogP) is 4.99. The van der Waals surface area contributed by atoms with E-state index >= 15 is 0 Å². The lowest BCUT2D eigenvalue weighted by Gasteiger charge is -2.42. The highest BCUT2D eigenvalue weighted by atomic mass is 35.5. The van der Waals surface area contributed by atoms with Crippen molar-refractivity contribution in [3.05, 3.63) is 82.7 Å². The summed E-state index contributed by atoms with van der Waals surface area (Å²) in [7, 11) is 1.81. The molecule has 0 N–H and O–H groups in total. The van der Waals surface area contributed by atoms with E-state index in [2.05, 4.69) is 5.16 Å². The standard InChI is InChI=1S/C27H30ClN3O4/c1-20-14-24(35-29-20)26(33)31-13-7-12-27(18-31,19-34-23-11-6-10-22(28)15-23)16-25(32)30(2)17-21-8-4-3-5-9-21/h3-6,8-11,14-15H,7,12-13,16-19H2,1-2H3/t27-/m1/s1. The molecule has 1 atom stereocenters. The molecule has 4 rings (SSSR count). The van der Waals surface area contributed by atoms with Gasteiger partial charge in [0.05, 0.1) is 12.3 Å². The molecular weight excluding hydrogens is 466 g/mol. The van der Waals surface area contributed by atoms with Crippen LogP contribution >= 0.6 is 11.6 Å². The maximum absolute atomic E-state index is 13.4. The van der Waals surface area contributed by atoms with Crippen LogP contribution in [0.5, 0.6) is 5.75 Å². The molecule has 1 fully saturated rings. The zero-order valence-electron chi connectivity index (χ0n) is 20.1. The fourth-order valence-electron chi connectivity index (χ4n) is 4.51. The second-order valence-corrected chi connectivity index (χ2v) is 9.76. The number of hydrogen-bond donors (Lipinski definition) is 0. The van der Waals surface area contributed by atoms with Crippen LogP contribution in [0.4, 0.5) is 0 Å². The van der Waals surface area contributed by atoms with Gasteiger partial charge in [-0.25, -0.2) is 0 Å². The summed E-state index contributed by atoms with van der Waals surface area (Å²) < 4.78 is 11.4. The zero-order chi connectivity index (χ0) is 24.8.